The monoisotopic (exact) mass is 284 g/mol. The van der Waals surface area contributed by atoms with Crippen LogP contribution in [0.5, 0.6) is 0 Å². The zero-order chi connectivity index (χ0) is 14.4. The second-order valence-corrected chi connectivity index (χ2v) is 12.0. The van der Waals surface area contributed by atoms with E-state index in [1.807, 2.05) is 0 Å². The van der Waals surface area contributed by atoms with E-state index in [-0.39, 0.29) is 34.7 Å². The lowest BCUT2D eigenvalue weighted by Crippen LogP contribution is -2.43. The summed E-state index contributed by atoms with van der Waals surface area (Å²) in [6, 6.07) is 0. The molecule has 1 heterocycles. The molecule has 1 saturated heterocycles. The van der Waals surface area contributed by atoms with Crippen LogP contribution in [0.15, 0.2) is 0 Å². The molecule has 2 aliphatic rings. The van der Waals surface area contributed by atoms with E-state index in [9.17, 15) is 9.59 Å². The Morgan fingerprint density at radius 3 is 2.53 bits per heavy atom. The van der Waals surface area contributed by atoms with Crippen LogP contribution in [0.2, 0.25) is 18.1 Å². The Kier molecular flexibility index (Phi) is 3.64. The fourth-order valence-corrected chi connectivity index (χ4v) is 3.57. The molecule has 5 heteroatoms. The maximum Gasteiger partial charge on any atom is 0.310 e. The number of hydrogen-bond acceptors (Lipinski definition) is 4. The normalized spacial score (nSPS) is 31.5. The molecular weight excluding hydrogens is 260 g/mol. The number of carbonyl (C=O) groups excluding carboxylic acids is 2. The van der Waals surface area contributed by atoms with Crippen LogP contribution in [0.25, 0.3) is 0 Å². The molecule has 1 aliphatic heterocycles. The third kappa shape index (κ3) is 2.63. The van der Waals surface area contributed by atoms with Crippen molar-refractivity contribution in [2.24, 2.45) is 11.8 Å². The minimum absolute atomic E-state index is 0.120. The van der Waals surface area contributed by atoms with E-state index < -0.39 is 8.32 Å². The van der Waals surface area contributed by atoms with Gasteiger partial charge in [-0.05, 0) is 24.6 Å². The largest absolute Gasteiger partial charge is 0.459 e. The van der Waals surface area contributed by atoms with Crippen molar-refractivity contribution in [2.75, 3.05) is 6.61 Å². The highest BCUT2D eigenvalue weighted by molar-refractivity contribution is 6.74. The van der Waals surface area contributed by atoms with Crippen LogP contribution in [0.4, 0.5) is 0 Å². The Hall–Kier alpha value is -0.683. The number of ketones is 1. The zero-order valence-electron chi connectivity index (χ0n) is 12.5. The van der Waals surface area contributed by atoms with E-state index in [4.69, 9.17) is 9.16 Å². The Morgan fingerprint density at radius 1 is 1.32 bits per heavy atom. The maximum absolute atomic E-state index is 11.9. The molecule has 0 N–H and O–H groups in total. The topological polar surface area (TPSA) is 52.6 Å². The number of Topliss-reactive ketones (excluding diaryl/α,β-unsaturated/α-hetero) is 1. The molecule has 3 atom stereocenters. The van der Waals surface area contributed by atoms with E-state index in [1.165, 1.54) is 0 Å². The number of ether oxygens (including phenoxy) is 1. The third-order valence-electron chi connectivity index (χ3n) is 4.89. The molecule has 1 saturated carbocycles. The van der Waals surface area contributed by atoms with Crippen LogP contribution in [0.3, 0.4) is 0 Å². The van der Waals surface area contributed by atoms with Gasteiger partial charge >= 0.3 is 5.97 Å². The SMILES string of the molecule is CC(C)(C)[Si](C)(C)OC[C@@H]1OC(=O)[C@H]2CCC(=O)[C@@H]12. The molecule has 2 rings (SSSR count). The van der Waals surface area contributed by atoms with Crippen molar-refractivity contribution in [1.82, 2.24) is 0 Å². The quantitative estimate of drug-likeness (QED) is 0.590. The third-order valence-corrected chi connectivity index (χ3v) is 9.39. The highest BCUT2D eigenvalue weighted by Gasteiger charge is 2.52. The van der Waals surface area contributed by atoms with Gasteiger partial charge in [-0.15, -0.1) is 0 Å². The average molecular weight is 284 g/mol. The summed E-state index contributed by atoms with van der Waals surface area (Å²) in [5, 5.41) is 0.120. The predicted octanol–water partition coefficient (Wildman–Crippen LogP) is 2.53. The average Bonchev–Trinajstić information content (AvgIpc) is 2.78. The Morgan fingerprint density at radius 2 is 1.95 bits per heavy atom. The second-order valence-electron chi connectivity index (χ2n) is 7.18. The molecule has 0 bridgehead atoms. The highest BCUT2D eigenvalue weighted by Crippen LogP contribution is 2.41. The summed E-state index contributed by atoms with van der Waals surface area (Å²) in [7, 11) is -1.86. The fraction of sp³-hybridized carbons (Fsp3) is 0.857. The van der Waals surface area contributed by atoms with Crippen LogP contribution in [0.1, 0.15) is 33.6 Å². The molecule has 0 spiro atoms. The fourth-order valence-electron chi connectivity index (χ4n) is 2.55. The number of carbonyl (C=O) groups is 2. The molecule has 0 aromatic heterocycles. The summed E-state index contributed by atoms with van der Waals surface area (Å²) in [4.78, 5) is 23.6. The van der Waals surface area contributed by atoms with Crippen molar-refractivity contribution in [3.63, 3.8) is 0 Å². The van der Waals surface area contributed by atoms with Crippen molar-refractivity contribution in [2.45, 2.75) is 57.8 Å². The van der Waals surface area contributed by atoms with Crippen LogP contribution in [0, 0.1) is 11.8 Å². The Labute approximate surface area is 116 Å². The Bertz CT molecular complexity index is 395. The summed E-state index contributed by atoms with van der Waals surface area (Å²) in [6.45, 7) is 11.2. The van der Waals surface area contributed by atoms with Gasteiger partial charge in [0.1, 0.15) is 11.9 Å². The van der Waals surface area contributed by atoms with Gasteiger partial charge in [0, 0.05) is 6.42 Å². The van der Waals surface area contributed by atoms with Gasteiger partial charge in [-0.1, -0.05) is 20.8 Å². The first-order valence-electron chi connectivity index (χ1n) is 7.00. The minimum atomic E-state index is -1.86. The van der Waals surface area contributed by atoms with Gasteiger partial charge in [0.05, 0.1) is 18.4 Å². The first-order chi connectivity index (χ1) is 8.63. The molecule has 4 nitrogen and oxygen atoms in total. The number of cyclic esters (lactones) is 1. The van der Waals surface area contributed by atoms with Gasteiger partial charge in [0.2, 0.25) is 0 Å². The van der Waals surface area contributed by atoms with Crippen LogP contribution in [-0.4, -0.2) is 32.8 Å². The number of fused-ring (bicyclic) bond motifs is 1. The van der Waals surface area contributed by atoms with Crippen molar-refractivity contribution in [3.8, 4) is 0 Å². The van der Waals surface area contributed by atoms with E-state index in [0.717, 1.165) is 0 Å². The van der Waals surface area contributed by atoms with Gasteiger partial charge in [-0.25, -0.2) is 0 Å². The standard InChI is InChI=1S/C14H24O4Si/c1-14(2,3)19(4,5)17-8-11-12-9(13(16)18-11)6-7-10(12)15/h9,11-12H,6-8H2,1-5H3/t9-,11-,12-/m0/s1. The predicted molar refractivity (Wildman–Crippen MR) is 74.3 cm³/mol. The molecule has 0 radical (unpaired) electrons. The minimum Gasteiger partial charge on any atom is -0.459 e. The van der Waals surface area contributed by atoms with E-state index in [0.29, 0.717) is 19.4 Å². The van der Waals surface area contributed by atoms with Gasteiger partial charge in [0.25, 0.3) is 0 Å². The maximum atomic E-state index is 11.9. The molecule has 0 unspecified atom stereocenters. The van der Waals surface area contributed by atoms with E-state index in [1.54, 1.807) is 0 Å². The zero-order valence-corrected chi connectivity index (χ0v) is 13.5. The molecule has 108 valence electrons. The first kappa shape index (κ1) is 14.7. The van der Waals surface area contributed by atoms with Gasteiger partial charge < -0.3 is 9.16 Å². The first-order valence-corrected chi connectivity index (χ1v) is 9.91. The Balaban J connectivity index is 2.01. The smallest absolute Gasteiger partial charge is 0.310 e. The second kappa shape index (κ2) is 4.70. The van der Waals surface area contributed by atoms with E-state index >= 15 is 0 Å². The molecule has 0 aromatic rings. The number of rotatable bonds is 3. The van der Waals surface area contributed by atoms with E-state index in [2.05, 4.69) is 33.9 Å². The lowest BCUT2D eigenvalue weighted by Gasteiger charge is -2.37. The van der Waals surface area contributed by atoms with Crippen molar-refractivity contribution in [3.05, 3.63) is 0 Å². The van der Waals surface area contributed by atoms with Gasteiger partial charge in [-0.2, -0.15) is 0 Å². The summed E-state index contributed by atoms with van der Waals surface area (Å²) in [5.41, 5.74) is 0. The summed E-state index contributed by atoms with van der Waals surface area (Å²) in [6.07, 6.45) is 0.807. The number of hydrogen-bond donors (Lipinski definition) is 0. The summed E-state index contributed by atoms with van der Waals surface area (Å²) >= 11 is 0. The van der Waals surface area contributed by atoms with Crippen molar-refractivity contribution in [1.29, 1.82) is 0 Å². The lowest BCUT2D eigenvalue weighted by molar-refractivity contribution is -0.145. The van der Waals surface area contributed by atoms with Crippen LogP contribution < -0.4 is 0 Å². The summed E-state index contributed by atoms with van der Waals surface area (Å²) in [5.74, 6) is -0.503. The highest BCUT2D eigenvalue weighted by atomic mass is 28.4. The van der Waals surface area contributed by atoms with Gasteiger partial charge in [0.15, 0.2) is 8.32 Å². The van der Waals surface area contributed by atoms with Crippen LogP contribution >= 0.6 is 0 Å². The molecule has 0 aromatic carbocycles. The summed E-state index contributed by atoms with van der Waals surface area (Å²) < 4.78 is 11.4. The molecular formula is C14H24O4Si. The number of esters is 1. The van der Waals surface area contributed by atoms with Gasteiger partial charge in [-0.3, -0.25) is 9.59 Å². The molecule has 2 fully saturated rings. The van der Waals surface area contributed by atoms with Crippen molar-refractivity contribution >= 4 is 20.1 Å². The molecule has 19 heavy (non-hydrogen) atoms. The van der Waals surface area contributed by atoms with Crippen molar-refractivity contribution < 1.29 is 18.8 Å². The molecule has 0 amide bonds. The molecule has 1 aliphatic carbocycles. The van der Waals surface area contributed by atoms with Crippen LogP contribution in [-0.2, 0) is 18.8 Å². The lowest BCUT2D eigenvalue weighted by atomic mass is 9.94.